The first-order valence-electron chi connectivity index (χ1n) is 16.9. The Balaban J connectivity index is 0. The number of aryl methyl sites for hydroxylation is 4. The first kappa shape index (κ1) is 42.2. The van der Waals surface area contributed by atoms with Crippen LogP contribution in [0.25, 0.3) is 33.4 Å². The molecule has 0 radical (unpaired) electrons. The monoisotopic (exact) mass is 590 g/mol. The molecule has 0 amide bonds. The van der Waals surface area contributed by atoms with Gasteiger partial charge in [0.15, 0.2) is 0 Å². The Labute approximate surface area is 273 Å². The van der Waals surface area contributed by atoms with E-state index in [0.717, 1.165) is 0 Å². The van der Waals surface area contributed by atoms with Crippen LogP contribution in [0, 0.1) is 27.7 Å². The lowest BCUT2D eigenvalue weighted by Crippen LogP contribution is -1.81. The van der Waals surface area contributed by atoms with Crippen LogP contribution in [0.1, 0.15) is 91.5 Å². The molecular weight excluding hydrogens is 528 g/mol. The van der Waals surface area contributed by atoms with Crippen LogP contribution in [0.2, 0.25) is 0 Å². The maximum Gasteiger partial charge on any atom is -0.0184 e. The van der Waals surface area contributed by atoms with Gasteiger partial charge in [0.2, 0.25) is 0 Å². The zero-order valence-corrected chi connectivity index (χ0v) is 30.5. The third-order valence-corrected chi connectivity index (χ3v) is 6.09. The summed E-state index contributed by atoms with van der Waals surface area (Å²) < 4.78 is 0. The second kappa shape index (κ2) is 26.7. The molecule has 0 saturated carbocycles. The highest BCUT2D eigenvalue weighted by Gasteiger charge is 2.00. The average molecular weight is 591 g/mol. The molecule has 0 aliphatic rings. The van der Waals surface area contributed by atoms with Gasteiger partial charge in [-0.15, -0.1) is 0 Å². The van der Waals surface area contributed by atoms with E-state index in [1.165, 1.54) is 55.6 Å². The van der Waals surface area contributed by atoms with Crippen molar-refractivity contribution in [3.05, 3.63) is 144 Å². The largest absolute Gasteiger partial charge is 0.0683 e. The molecule has 0 atom stereocenters. The predicted molar refractivity (Wildman–Crippen MR) is 205 cm³/mol. The van der Waals surface area contributed by atoms with Crippen molar-refractivity contribution in [2.45, 2.75) is 96.9 Å². The average Bonchev–Trinajstić information content (AvgIpc) is 3.11. The Hall–Kier alpha value is -3.90. The van der Waals surface area contributed by atoms with Gasteiger partial charge in [-0.05, 0) is 61.1 Å². The summed E-state index contributed by atoms with van der Waals surface area (Å²) in [5.74, 6) is 0. The molecule has 0 aromatic heterocycles. The van der Waals surface area contributed by atoms with E-state index >= 15 is 0 Å². The molecule has 0 saturated heterocycles. The molecule has 0 aliphatic carbocycles. The summed E-state index contributed by atoms with van der Waals surface area (Å²) in [6, 6.07) is 43.4. The number of hydrogen-bond acceptors (Lipinski definition) is 0. The zero-order chi connectivity index (χ0) is 33.9. The molecule has 5 aromatic rings. The first-order chi connectivity index (χ1) is 21.5. The van der Waals surface area contributed by atoms with E-state index in [1.54, 1.807) is 0 Å². The Morgan fingerprint density at radius 3 is 0.386 bits per heavy atom. The Bertz CT molecular complexity index is 1200. The normalized spacial score (nSPS) is 8.68. The Kier molecular flexibility index (Phi) is 25.6. The molecule has 44 heavy (non-hydrogen) atoms. The van der Waals surface area contributed by atoms with Crippen molar-refractivity contribution < 1.29 is 0 Å². The van der Waals surface area contributed by atoms with Crippen LogP contribution in [0.15, 0.2) is 121 Å². The third-order valence-electron chi connectivity index (χ3n) is 6.09. The van der Waals surface area contributed by atoms with E-state index < -0.39 is 0 Å². The van der Waals surface area contributed by atoms with E-state index in [9.17, 15) is 0 Å². The molecule has 0 bridgehead atoms. The highest BCUT2D eigenvalue weighted by molar-refractivity contribution is 5.70. The fraction of sp³-hybridized carbons (Fsp3) is 0.318. The van der Waals surface area contributed by atoms with E-state index in [1.807, 2.05) is 69.2 Å². The van der Waals surface area contributed by atoms with Crippen molar-refractivity contribution >= 4 is 0 Å². The maximum atomic E-state index is 2.19. The quantitative estimate of drug-likeness (QED) is 0.196. The van der Waals surface area contributed by atoms with Gasteiger partial charge in [-0.1, -0.05) is 213 Å². The highest BCUT2D eigenvalue weighted by Crippen LogP contribution is 2.25. The van der Waals surface area contributed by atoms with E-state index in [-0.39, 0.29) is 0 Å². The molecule has 0 aliphatic heterocycles. The molecule has 0 unspecified atom stereocenters. The lowest BCUT2D eigenvalue weighted by molar-refractivity contribution is 1.45. The van der Waals surface area contributed by atoms with Crippen molar-refractivity contribution in [1.82, 2.24) is 0 Å². The lowest BCUT2D eigenvalue weighted by atomic mass is 9.99. The highest BCUT2D eigenvalue weighted by atomic mass is 14.0. The minimum atomic E-state index is 1.26. The fourth-order valence-corrected chi connectivity index (χ4v) is 3.84. The number of benzene rings is 5. The predicted octanol–water partition coefficient (Wildman–Crippen LogP) is 14.7. The Morgan fingerprint density at radius 1 is 0.182 bits per heavy atom. The minimum absolute atomic E-state index is 1.26. The van der Waals surface area contributed by atoms with Gasteiger partial charge in [-0.2, -0.15) is 0 Å². The molecule has 0 N–H and O–H groups in total. The first-order valence-corrected chi connectivity index (χ1v) is 16.9. The van der Waals surface area contributed by atoms with Crippen molar-refractivity contribution in [3.8, 4) is 33.4 Å². The van der Waals surface area contributed by atoms with E-state index in [2.05, 4.69) is 149 Å². The lowest BCUT2D eigenvalue weighted by Gasteiger charge is -2.06. The molecule has 0 spiro atoms. The molecule has 0 heterocycles. The van der Waals surface area contributed by atoms with Crippen LogP contribution in [0.4, 0.5) is 0 Å². The van der Waals surface area contributed by atoms with E-state index in [4.69, 9.17) is 0 Å². The molecule has 0 heteroatoms. The molecular formula is C44H62. The minimum Gasteiger partial charge on any atom is -0.0683 e. The fourth-order valence-electron chi connectivity index (χ4n) is 3.84. The van der Waals surface area contributed by atoms with Crippen molar-refractivity contribution in [2.24, 2.45) is 0 Å². The van der Waals surface area contributed by atoms with Crippen LogP contribution >= 0.6 is 0 Å². The maximum absolute atomic E-state index is 2.19. The molecule has 0 nitrogen and oxygen atoms in total. The summed E-state index contributed by atoms with van der Waals surface area (Å²) >= 11 is 0. The van der Waals surface area contributed by atoms with Crippen molar-refractivity contribution in [2.75, 3.05) is 0 Å². The number of hydrogen-bond donors (Lipinski definition) is 0. The molecule has 238 valence electrons. The van der Waals surface area contributed by atoms with Gasteiger partial charge >= 0.3 is 0 Å². The van der Waals surface area contributed by atoms with Gasteiger partial charge in [-0.3, -0.25) is 0 Å². The number of rotatable bonds is 3. The zero-order valence-electron chi connectivity index (χ0n) is 30.5. The Morgan fingerprint density at radius 2 is 0.273 bits per heavy atom. The SMILES string of the molecule is CC.CC.CC.CC.CC.Cc1ccc(-c2ccc(-c3ccc(C)cc3)cc2)cc1.Cc1ccc(-c2ccc(C)cc2)cc1. The van der Waals surface area contributed by atoms with Crippen molar-refractivity contribution in [1.29, 1.82) is 0 Å². The van der Waals surface area contributed by atoms with Gasteiger partial charge < -0.3 is 0 Å². The third kappa shape index (κ3) is 15.5. The van der Waals surface area contributed by atoms with E-state index in [0.29, 0.717) is 0 Å². The van der Waals surface area contributed by atoms with Crippen molar-refractivity contribution in [3.63, 3.8) is 0 Å². The second-order valence-electron chi connectivity index (χ2n) is 9.04. The van der Waals surface area contributed by atoms with Crippen LogP contribution in [0.5, 0.6) is 0 Å². The second-order valence-corrected chi connectivity index (χ2v) is 9.04. The molecule has 0 fully saturated rings. The van der Waals surface area contributed by atoms with Gasteiger partial charge in [0.1, 0.15) is 0 Å². The van der Waals surface area contributed by atoms with Gasteiger partial charge in [0.05, 0.1) is 0 Å². The van der Waals surface area contributed by atoms with Crippen LogP contribution < -0.4 is 0 Å². The topological polar surface area (TPSA) is 0 Å². The summed E-state index contributed by atoms with van der Waals surface area (Å²) in [6.45, 7) is 28.5. The summed E-state index contributed by atoms with van der Waals surface area (Å²) in [6.07, 6.45) is 0. The smallest absolute Gasteiger partial charge is 0.0184 e. The van der Waals surface area contributed by atoms with Gasteiger partial charge in [-0.25, -0.2) is 0 Å². The standard InChI is InChI=1S/C20H18.C14H14.5C2H6/c1-15-3-7-17(8-4-15)19-11-13-20(14-12-19)18-9-5-16(2)6-10-18;1-11-3-7-13(8-4-11)14-9-5-12(2)6-10-14;5*1-2/h3-14H,1-2H3;3-10H,1-2H3;5*1-2H3. The summed E-state index contributed by atoms with van der Waals surface area (Å²) in [5, 5.41) is 0. The van der Waals surface area contributed by atoms with Crippen LogP contribution in [-0.2, 0) is 0 Å². The molecule has 5 aromatic carbocycles. The van der Waals surface area contributed by atoms with Gasteiger partial charge in [0, 0.05) is 0 Å². The van der Waals surface area contributed by atoms with Crippen LogP contribution in [0.3, 0.4) is 0 Å². The summed E-state index contributed by atoms with van der Waals surface area (Å²) in [5.41, 5.74) is 12.8. The molecule has 5 rings (SSSR count). The summed E-state index contributed by atoms with van der Waals surface area (Å²) in [7, 11) is 0. The summed E-state index contributed by atoms with van der Waals surface area (Å²) in [4.78, 5) is 0. The van der Waals surface area contributed by atoms with Gasteiger partial charge in [0.25, 0.3) is 0 Å². The van der Waals surface area contributed by atoms with Crippen LogP contribution in [-0.4, -0.2) is 0 Å².